The summed E-state index contributed by atoms with van der Waals surface area (Å²) >= 11 is 0. The van der Waals surface area contributed by atoms with Gasteiger partial charge in [-0.2, -0.15) is 0 Å². The van der Waals surface area contributed by atoms with Crippen molar-refractivity contribution >= 4 is 0 Å². The maximum Gasteiger partial charge on any atom is 0.187 e. The van der Waals surface area contributed by atoms with Crippen LogP contribution in [0.4, 0.5) is 0 Å². The van der Waals surface area contributed by atoms with Crippen molar-refractivity contribution in [3.63, 3.8) is 0 Å². The van der Waals surface area contributed by atoms with Gasteiger partial charge in [-0.25, -0.2) is 0 Å². The molecule has 0 aromatic carbocycles. The molecule has 316 valence electrons. The molecule has 2 spiro atoms. The molecule has 14 heteroatoms. The highest BCUT2D eigenvalue weighted by Gasteiger charge is 2.85. The molecule has 3 saturated heterocycles. The van der Waals surface area contributed by atoms with Gasteiger partial charge in [-0.05, 0) is 117 Å². The molecule has 55 heavy (non-hydrogen) atoms. The molecule has 0 radical (unpaired) electrons. The van der Waals surface area contributed by atoms with Crippen molar-refractivity contribution in [1.82, 2.24) is 0 Å². The van der Waals surface area contributed by atoms with Crippen molar-refractivity contribution in [3.8, 4) is 0 Å². The van der Waals surface area contributed by atoms with E-state index in [9.17, 15) is 46.0 Å². The third-order valence-corrected chi connectivity index (χ3v) is 17.7. The van der Waals surface area contributed by atoms with Crippen LogP contribution >= 0.6 is 0 Å². The van der Waals surface area contributed by atoms with Crippen LogP contribution in [0.1, 0.15) is 106 Å². The van der Waals surface area contributed by atoms with Crippen molar-refractivity contribution in [2.45, 2.75) is 197 Å². The summed E-state index contributed by atoms with van der Waals surface area (Å²) in [5.41, 5.74) is -2.69. The highest BCUT2D eigenvalue weighted by molar-refractivity contribution is 5.33. The van der Waals surface area contributed by atoms with Crippen LogP contribution in [0.15, 0.2) is 0 Å². The predicted molar refractivity (Wildman–Crippen MR) is 194 cm³/mol. The van der Waals surface area contributed by atoms with Crippen molar-refractivity contribution in [1.29, 1.82) is 0 Å². The van der Waals surface area contributed by atoms with E-state index in [1.165, 1.54) is 0 Å². The molecule has 0 bridgehead atoms. The summed E-state index contributed by atoms with van der Waals surface area (Å²) in [6.45, 7) is 14.3. The van der Waals surface area contributed by atoms with Crippen LogP contribution in [-0.2, 0) is 23.7 Å². The first-order chi connectivity index (χ1) is 25.5. The summed E-state index contributed by atoms with van der Waals surface area (Å²) in [5.74, 6) is -0.0433. The lowest BCUT2D eigenvalue weighted by atomic mass is 9.41. The molecular formula is C41H68O14. The zero-order valence-electron chi connectivity index (χ0n) is 33.6. The average molecular weight is 785 g/mol. The van der Waals surface area contributed by atoms with Gasteiger partial charge < -0.3 is 69.6 Å². The second-order valence-electron chi connectivity index (χ2n) is 21.0. The molecular weight excluding hydrogens is 716 g/mol. The maximum absolute atomic E-state index is 12.3. The third-order valence-electron chi connectivity index (χ3n) is 17.7. The van der Waals surface area contributed by atoms with E-state index in [1.54, 1.807) is 0 Å². The van der Waals surface area contributed by atoms with E-state index in [-0.39, 0.29) is 52.1 Å². The van der Waals surface area contributed by atoms with Gasteiger partial charge >= 0.3 is 0 Å². The van der Waals surface area contributed by atoms with Crippen LogP contribution in [0.5, 0.6) is 0 Å². The second-order valence-corrected chi connectivity index (χ2v) is 21.0. The number of rotatable bonds is 6. The summed E-state index contributed by atoms with van der Waals surface area (Å²) in [4.78, 5) is 0. The monoisotopic (exact) mass is 784 g/mol. The minimum atomic E-state index is -1.54. The highest BCUT2D eigenvalue weighted by Crippen LogP contribution is 2.89. The van der Waals surface area contributed by atoms with Gasteiger partial charge in [0, 0.05) is 5.92 Å². The van der Waals surface area contributed by atoms with Crippen molar-refractivity contribution < 1.29 is 69.6 Å². The topological polar surface area (TPSA) is 228 Å². The molecule has 0 amide bonds. The zero-order chi connectivity index (χ0) is 40.1. The lowest BCUT2D eigenvalue weighted by Gasteiger charge is -2.65. The Morgan fingerprint density at radius 2 is 1.27 bits per heavy atom. The van der Waals surface area contributed by atoms with E-state index >= 15 is 0 Å². The number of hydrogen-bond acceptors (Lipinski definition) is 14. The van der Waals surface area contributed by atoms with Gasteiger partial charge in [-0.15, -0.1) is 0 Å². The number of hydrogen-bond donors (Lipinski definition) is 9. The molecule has 0 aromatic rings. The molecule has 3 aliphatic heterocycles. The van der Waals surface area contributed by atoms with E-state index in [0.29, 0.717) is 25.7 Å². The summed E-state index contributed by atoms with van der Waals surface area (Å²) in [6, 6.07) is 0. The molecule has 3 unspecified atom stereocenters. The van der Waals surface area contributed by atoms with Crippen LogP contribution in [0.25, 0.3) is 0 Å². The van der Waals surface area contributed by atoms with Crippen LogP contribution in [-0.4, -0.2) is 150 Å². The molecule has 8 fully saturated rings. The number of aliphatic hydroxyl groups excluding tert-OH is 9. The SMILES string of the molecule is CC1(C2[C@@H](O)C[C@@]3(C)[C@@H]4C[C@H](O)C5C(C)(C)[C@@H](O[C@@H]6OC[C@@H](O)[C@H](O)[C@H]6O)CC[C@@]56C[C@@]46CC[C@]23C)CC[C@H](O[C@@H]2O[C@H](CO)[C@@H](O)[C@H](O)[C@H]2O)C(C)(C)O1. The van der Waals surface area contributed by atoms with Gasteiger partial charge in [0.05, 0.1) is 48.8 Å². The van der Waals surface area contributed by atoms with Crippen LogP contribution < -0.4 is 0 Å². The van der Waals surface area contributed by atoms with Crippen LogP contribution in [0, 0.1) is 44.8 Å². The van der Waals surface area contributed by atoms with Gasteiger partial charge in [0.25, 0.3) is 0 Å². The summed E-state index contributed by atoms with van der Waals surface area (Å²) in [6.07, 6.45) is -7.07. The molecule has 0 aromatic heterocycles. The fourth-order valence-corrected chi connectivity index (χ4v) is 15.1. The molecule has 3 heterocycles. The smallest absolute Gasteiger partial charge is 0.187 e. The van der Waals surface area contributed by atoms with Crippen molar-refractivity contribution in [3.05, 3.63) is 0 Å². The van der Waals surface area contributed by atoms with Crippen LogP contribution in [0.3, 0.4) is 0 Å². The normalized spacial score (nSPS) is 59.6. The predicted octanol–water partition coefficient (Wildman–Crippen LogP) is 0.724. The van der Waals surface area contributed by atoms with Crippen molar-refractivity contribution in [2.24, 2.45) is 44.8 Å². The van der Waals surface area contributed by atoms with Gasteiger partial charge in [0.15, 0.2) is 12.6 Å². The van der Waals surface area contributed by atoms with Crippen molar-refractivity contribution in [2.75, 3.05) is 13.2 Å². The maximum atomic E-state index is 12.3. The van der Waals surface area contributed by atoms with Gasteiger partial charge in [0.2, 0.25) is 0 Å². The summed E-state index contributed by atoms with van der Waals surface area (Å²) in [7, 11) is 0. The Bertz CT molecular complexity index is 1460. The Labute approximate surface area is 324 Å². The molecule has 5 aliphatic carbocycles. The highest BCUT2D eigenvalue weighted by atomic mass is 16.7. The zero-order valence-corrected chi connectivity index (χ0v) is 33.6. The van der Waals surface area contributed by atoms with E-state index in [1.807, 2.05) is 13.8 Å². The van der Waals surface area contributed by atoms with E-state index < -0.39 is 96.8 Å². The standard InChI is InChI=1S/C41H68O14/c1-35(2)24(53-33-29(49)26(46)21(45)17-51-33)9-11-41-18-40(41)13-12-37(5)32(20(44)15-38(37,6)23(40)14-19(43)31(35)41)39(7)10-8-25(36(3,4)55-39)54-34-30(50)28(48)27(47)22(16-42)52-34/h19-34,42-50H,8-18H2,1-7H3/t19-,20-,21+,22+,23-,24-,25-,26-,27+,28-,29+,30+,31?,32?,33-,34-,37+,38-,39?,40-,41+/m0/s1. The lowest BCUT2D eigenvalue weighted by molar-refractivity contribution is -0.343. The Kier molecular flexibility index (Phi) is 9.90. The Hall–Kier alpha value is -0.560. The Morgan fingerprint density at radius 1 is 0.618 bits per heavy atom. The minimum absolute atomic E-state index is 0.0289. The average Bonchev–Trinajstić information content (AvgIpc) is 3.69. The lowest BCUT2D eigenvalue weighted by Crippen LogP contribution is -2.65. The molecule has 8 rings (SSSR count). The summed E-state index contributed by atoms with van der Waals surface area (Å²) in [5, 5.41) is 96.5. The first-order valence-electron chi connectivity index (χ1n) is 20.9. The molecule has 8 aliphatic rings. The fraction of sp³-hybridized carbons (Fsp3) is 1.00. The summed E-state index contributed by atoms with van der Waals surface area (Å²) < 4.78 is 31.1. The minimum Gasteiger partial charge on any atom is -0.394 e. The molecule has 14 nitrogen and oxygen atoms in total. The number of aliphatic hydroxyl groups is 9. The largest absolute Gasteiger partial charge is 0.394 e. The molecule has 21 atom stereocenters. The second kappa shape index (κ2) is 13.2. The molecule has 5 saturated carbocycles. The van der Waals surface area contributed by atoms with E-state index in [0.717, 1.165) is 32.1 Å². The van der Waals surface area contributed by atoms with Crippen LogP contribution in [0.2, 0.25) is 0 Å². The molecule has 9 N–H and O–H groups in total. The number of fused-ring (bicyclic) bond motifs is 2. The Balaban J connectivity index is 1.00. The Morgan fingerprint density at radius 3 is 1.95 bits per heavy atom. The number of ether oxygens (including phenoxy) is 5. The third kappa shape index (κ3) is 5.63. The van der Waals surface area contributed by atoms with E-state index in [2.05, 4.69) is 34.6 Å². The quantitative estimate of drug-likeness (QED) is 0.169. The fourth-order valence-electron chi connectivity index (χ4n) is 15.1. The van der Waals surface area contributed by atoms with Gasteiger partial charge in [-0.3, -0.25) is 0 Å². The van der Waals surface area contributed by atoms with E-state index in [4.69, 9.17) is 23.7 Å². The van der Waals surface area contributed by atoms with Gasteiger partial charge in [0.1, 0.15) is 42.7 Å². The first-order valence-corrected chi connectivity index (χ1v) is 20.9. The van der Waals surface area contributed by atoms with Gasteiger partial charge in [-0.1, -0.05) is 27.7 Å². The first kappa shape index (κ1) is 41.2.